The maximum absolute atomic E-state index is 13.9. The summed E-state index contributed by atoms with van der Waals surface area (Å²) in [6, 6.07) is 8.89. The lowest BCUT2D eigenvalue weighted by atomic mass is 10.0. The molecule has 1 aliphatic heterocycles. The highest BCUT2D eigenvalue weighted by atomic mass is 19.1. The maximum Gasteiger partial charge on any atom is 0.154 e. The van der Waals surface area contributed by atoms with E-state index in [1.54, 1.807) is 17.5 Å². The Morgan fingerprint density at radius 3 is 2.77 bits per heavy atom. The Bertz CT molecular complexity index is 935. The molecule has 1 aliphatic rings. The van der Waals surface area contributed by atoms with Crippen LogP contribution in [-0.4, -0.2) is 46.0 Å². The zero-order valence-electron chi connectivity index (χ0n) is 14.7. The first-order valence-electron chi connectivity index (χ1n) is 8.72. The maximum atomic E-state index is 13.9. The van der Waals surface area contributed by atoms with Crippen LogP contribution < -0.4 is 4.90 Å². The summed E-state index contributed by atoms with van der Waals surface area (Å²) < 4.78 is 21.1. The molecule has 0 spiro atoms. The third-order valence-electron chi connectivity index (χ3n) is 4.86. The topological polar surface area (TPSA) is 62.9 Å². The van der Waals surface area contributed by atoms with E-state index in [1.165, 1.54) is 6.07 Å². The fraction of sp³-hybridized carbons (Fsp3) is 0.368. The Morgan fingerprint density at radius 2 is 2.00 bits per heavy atom. The summed E-state index contributed by atoms with van der Waals surface area (Å²) in [5, 5.41) is 14.5. The standard InChI is InChI=1S/C19H21FN4O2/c1-13-14(3-2-4-15(13)20)11-17-16(12-25)21-18-5-6-19(22-24(17)18)23-7-9-26-10-8-23/h2-6,25H,7-12H2,1H3. The van der Waals surface area contributed by atoms with Crippen LogP contribution in [0.1, 0.15) is 22.5 Å². The second-order valence-electron chi connectivity index (χ2n) is 6.42. The number of rotatable bonds is 4. The summed E-state index contributed by atoms with van der Waals surface area (Å²) in [7, 11) is 0. The van der Waals surface area contributed by atoms with Crippen LogP contribution in [0.25, 0.3) is 5.65 Å². The van der Waals surface area contributed by atoms with Crippen LogP contribution in [0.4, 0.5) is 10.2 Å². The molecule has 1 saturated heterocycles. The van der Waals surface area contributed by atoms with Crippen molar-refractivity contribution in [2.75, 3.05) is 31.2 Å². The van der Waals surface area contributed by atoms with Crippen molar-refractivity contribution in [1.29, 1.82) is 0 Å². The molecule has 136 valence electrons. The van der Waals surface area contributed by atoms with Gasteiger partial charge in [0, 0.05) is 19.5 Å². The molecule has 0 saturated carbocycles. The minimum atomic E-state index is -0.233. The molecule has 0 atom stereocenters. The van der Waals surface area contributed by atoms with Gasteiger partial charge < -0.3 is 14.7 Å². The van der Waals surface area contributed by atoms with E-state index in [9.17, 15) is 9.50 Å². The average molecular weight is 356 g/mol. The molecule has 1 aromatic carbocycles. The van der Waals surface area contributed by atoms with Crippen molar-refractivity contribution in [1.82, 2.24) is 14.6 Å². The molecule has 6 nitrogen and oxygen atoms in total. The van der Waals surface area contributed by atoms with Crippen molar-refractivity contribution in [2.45, 2.75) is 20.0 Å². The van der Waals surface area contributed by atoms with E-state index in [-0.39, 0.29) is 12.4 Å². The van der Waals surface area contributed by atoms with E-state index < -0.39 is 0 Å². The smallest absolute Gasteiger partial charge is 0.154 e. The highest BCUT2D eigenvalue weighted by molar-refractivity contribution is 5.49. The van der Waals surface area contributed by atoms with Crippen molar-refractivity contribution >= 4 is 11.5 Å². The third-order valence-corrected chi connectivity index (χ3v) is 4.86. The van der Waals surface area contributed by atoms with Gasteiger partial charge in [-0.2, -0.15) is 0 Å². The van der Waals surface area contributed by atoms with Crippen molar-refractivity contribution < 1.29 is 14.2 Å². The number of anilines is 1. The molecule has 0 unspecified atom stereocenters. The van der Waals surface area contributed by atoms with Crippen LogP contribution in [0.3, 0.4) is 0 Å². The number of hydrogen-bond acceptors (Lipinski definition) is 5. The lowest BCUT2D eigenvalue weighted by molar-refractivity contribution is 0.122. The lowest BCUT2D eigenvalue weighted by Gasteiger charge is -2.27. The molecule has 0 aliphatic carbocycles. The molecule has 7 heteroatoms. The van der Waals surface area contributed by atoms with Gasteiger partial charge in [0.05, 0.1) is 31.2 Å². The molecule has 1 N–H and O–H groups in total. The Hall–Kier alpha value is -2.51. The molecule has 0 radical (unpaired) electrons. The molecule has 1 fully saturated rings. The first kappa shape index (κ1) is 16.9. The Kier molecular flexibility index (Phi) is 4.57. The van der Waals surface area contributed by atoms with Crippen LogP contribution >= 0.6 is 0 Å². The quantitative estimate of drug-likeness (QED) is 0.776. The van der Waals surface area contributed by atoms with Crippen LogP contribution in [0.15, 0.2) is 30.3 Å². The van der Waals surface area contributed by atoms with Gasteiger partial charge >= 0.3 is 0 Å². The predicted molar refractivity (Wildman–Crippen MR) is 95.9 cm³/mol. The number of nitrogens with zero attached hydrogens (tertiary/aromatic N) is 4. The summed E-state index contributed by atoms with van der Waals surface area (Å²) in [5.41, 5.74) is 3.50. The zero-order valence-corrected chi connectivity index (χ0v) is 14.7. The van der Waals surface area contributed by atoms with E-state index in [4.69, 9.17) is 9.84 Å². The minimum Gasteiger partial charge on any atom is -0.390 e. The fourth-order valence-corrected chi connectivity index (χ4v) is 3.30. The van der Waals surface area contributed by atoms with Crippen molar-refractivity contribution in [3.63, 3.8) is 0 Å². The summed E-state index contributed by atoms with van der Waals surface area (Å²) in [6.45, 7) is 4.53. The van der Waals surface area contributed by atoms with Crippen molar-refractivity contribution in [3.8, 4) is 0 Å². The SMILES string of the molecule is Cc1c(F)cccc1Cc1c(CO)nc2ccc(N3CCOCC3)nn12. The van der Waals surface area contributed by atoms with Gasteiger partial charge in [-0.05, 0) is 36.2 Å². The predicted octanol–water partition coefficient (Wildman–Crippen LogP) is 2.10. The summed E-state index contributed by atoms with van der Waals surface area (Å²) in [4.78, 5) is 6.64. The summed E-state index contributed by atoms with van der Waals surface area (Å²) >= 11 is 0. The first-order valence-corrected chi connectivity index (χ1v) is 8.72. The van der Waals surface area contributed by atoms with Gasteiger partial charge in [0.25, 0.3) is 0 Å². The fourth-order valence-electron chi connectivity index (χ4n) is 3.30. The Labute approximate surface area is 150 Å². The average Bonchev–Trinajstić information content (AvgIpc) is 3.03. The van der Waals surface area contributed by atoms with Gasteiger partial charge in [0.15, 0.2) is 5.65 Å². The molecule has 26 heavy (non-hydrogen) atoms. The van der Waals surface area contributed by atoms with Crippen LogP contribution in [0.2, 0.25) is 0 Å². The monoisotopic (exact) mass is 356 g/mol. The van der Waals surface area contributed by atoms with E-state index >= 15 is 0 Å². The number of morpholine rings is 1. The lowest BCUT2D eigenvalue weighted by Crippen LogP contribution is -2.37. The summed E-state index contributed by atoms with van der Waals surface area (Å²) in [6.07, 6.45) is 0.459. The second kappa shape index (κ2) is 7.01. The molecule has 4 rings (SSSR count). The highest BCUT2D eigenvalue weighted by Gasteiger charge is 2.18. The second-order valence-corrected chi connectivity index (χ2v) is 6.42. The minimum absolute atomic E-state index is 0.181. The van der Waals surface area contributed by atoms with Crippen molar-refractivity contribution in [3.05, 3.63) is 58.7 Å². The summed E-state index contributed by atoms with van der Waals surface area (Å²) in [5.74, 6) is 0.615. The van der Waals surface area contributed by atoms with E-state index in [0.717, 1.165) is 30.2 Å². The Balaban J connectivity index is 1.77. The zero-order chi connectivity index (χ0) is 18.1. The number of halogens is 1. The number of benzene rings is 1. The number of ether oxygens (including phenoxy) is 1. The molecule has 0 bridgehead atoms. The van der Waals surface area contributed by atoms with Crippen LogP contribution in [0, 0.1) is 12.7 Å². The normalized spacial score (nSPS) is 15.0. The van der Waals surface area contributed by atoms with Crippen LogP contribution in [0.5, 0.6) is 0 Å². The molecule has 3 heterocycles. The number of imidazole rings is 1. The Morgan fingerprint density at radius 1 is 1.19 bits per heavy atom. The van der Waals surface area contributed by atoms with Gasteiger partial charge in [-0.15, -0.1) is 5.10 Å². The van der Waals surface area contributed by atoms with Gasteiger partial charge in [0.1, 0.15) is 11.6 Å². The number of hydrogen-bond donors (Lipinski definition) is 1. The molecule has 2 aromatic heterocycles. The molecular weight excluding hydrogens is 335 g/mol. The number of fused-ring (bicyclic) bond motifs is 1. The van der Waals surface area contributed by atoms with Gasteiger partial charge in [-0.25, -0.2) is 13.9 Å². The molecule has 0 amide bonds. The first-order chi connectivity index (χ1) is 12.7. The molecular formula is C19H21FN4O2. The highest BCUT2D eigenvalue weighted by Crippen LogP contribution is 2.22. The van der Waals surface area contributed by atoms with E-state index in [1.807, 2.05) is 18.2 Å². The third kappa shape index (κ3) is 3.04. The van der Waals surface area contributed by atoms with Gasteiger partial charge in [-0.3, -0.25) is 0 Å². The number of aromatic nitrogens is 3. The van der Waals surface area contributed by atoms with E-state index in [2.05, 4.69) is 9.88 Å². The number of aliphatic hydroxyl groups excluding tert-OH is 1. The van der Waals surface area contributed by atoms with Gasteiger partial charge in [0.2, 0.25) is 0 Å². The molecule has 3 aromatic rings. The van der Waals surface area contributed by atoms with Crippen LogP contribution in [-0.2, 0) is 17.8 Å². The largest absolute Gasteiger partial charge is 0.390 e. The van der Waals surface area contributed by atoms with Crippen molar-refractivity contribution in [2.24, 2.45) is 0 Å². The number of aliphatic hydroxyl groups is 1. The van der Waals surface area contributed by atoms with E-state index in [0.29, 0.717) is 36.5 Å². The van der Waals surface area contributed by atoms with Gasteiger partial charge in [-0.1, -0.05) is 12.1 Å².